The Bertz CT molecular complexity index is 837. The van der Waals surface area contributed by atoms with Crippen LogP contribution in [-0.2, 0) is 24.1 Å². The van der Waals surface area contributed by atoms with Gasteiger partial charge in [-0.2, -0.15) is 0 Å². The molecule has 5 unspecified atom stereocenters. The molecule has 3 rings (SSSR count). The Morgan fingerprint density at radius 2 is 1.87 bits per heavy atom. The molecule has 0 radical (unpaired) electrons. The SMILES string of the molecule is Cc1c(CCC2(C)C(=O)CCC2C(C)C=CC(C)C(C)C)c(O)cc2c1CC(O)CC2. The molecule has 3 heteroatoms. The molecule has 5 atom stereocenters. The van der Waals surface area contributed by atoms with Crippen molar-refractivity contribution < 1.29 is 15.0 Å². The molecule has 0 heterocycles. The normalized spacial score (nSPS) is 28.3. The van der Waals surface area contributed by atoms with Crippen molar-refractivity contribution in [3.8, 4) is 5.75 Å². The summed E-state index contributed by atoms with van der Waals surface area (Å²) < 4.78 is 0. The monoisotopic (exact) mass is 426 g/mol. The van der Waals surface area contributed by atoms with Gasteiger partial charge in [0.05, 0.1) is 6.10 Å². The minimum Gasteiger partial charge on any atom is -0.508 e. The predicted molar refractivity (Wildman–Crippen MR) is 127 cm³/mol. The van der Waals surface area contributed by atoms with Gasteiger partial charge in [-0.3, -0.25) is 4.79 Å². The number of rotatable bonds is 7. The van der Waals surface area contributed by atoms with Crippen LogP contribution in [0.1, 0.15) is 82.6 Å². The molecule has 0 saturated heterocycles. The van der Waals surface area contributed by atoms with Crippen molar-refractivity contribution in [2.75, 3.05) is 0 Å². The zero-order valence-corrected chi connectivity index (χ0v) is 20.4. The quantitative estimate of drug-likeness (QED) is 0.530. The number of hydrogen-bond acceptors (Lipinski definition) is 3. The van der Waals surface area contributed by atoms with Crippen molar-refractivity contribution in [1.82, 2.24) is 0 Å². The Labute approximate surface area is 189 Å². The van der Waals surface area contributed by atoms with E-state index in [2.05, 4.69) is 53.7 Å². The Morgan fingerprint density at radius 1 is 1.16 bits per heavy atom. The highest BCUT2D eigenvalue weighted by atomic mass is 16.3. The van der Waals surface area contributed by atoms with Crippen LogP contribution in [0.2, 0.25) is 0 Å². The van der Waals surface area contributed by atoms with Gasteiger partial charge in [0, 0.05) is 11.8 Å². The number of ketones is 1. The number of allylic oxidation sites excluding steroid dienone is 2. The molecule has 1 fully saturated rings. The lowest BCUT2D eigenvalue weighted by molar-refractivity contribution is -0.127. The van der Waals surface area contributed by atoms with Crippen molar-refractivity contribution >= 4 is 5.78 Å². The van der Waals surface area contributed by atoms with Gasteiger partial charge in [0.25, 0.3) is 0 Å². The molecule has 2 aliphatic carbocycles. The van der Waals surface area contributed by atoms with E-state index in [1.807, 2.05) is 6.07 Å². The number of phenolic OH excluding ortho intramolecular Hbond substituents is 1. The van der Waals surface area contributed by atoms with Crippen LogP contribution in [0.25, 0.3) is 0 Å². The maximum Gasteiger partial charge on any atom is 0.139 e. The van der Waals surface area contributed by atoms with Gasteiger partial charge in [0.15, 0.2) is 0 Å². The van der Waals surface area contributed by atoms with Crippen LogP contribution in [-0.4, -0.2) is 22.1 Å². The van der Waals surface area contributed by atoms with Crippen LogP contribution >= 0.6 is 0 Å². The Morgan fingerprint density at radius 3 is 2.55 bits per heavy atom. The summed E-state index contributed by atoms with van der Waals surface area (Å²) in [6, 6.07) is 1.90. The van der Waals surface area contributed by atoms with Crippen LogP contribution in [0.3, 0.4) is 0 Å². The fraction of sp³-hybridized carbons (Fsp3) is 0.679. The summed E-state index contributed by atoms with van der Waals surface area (Å²) in [5.74, 6) is 2.60. The van der Waals surface area contributed by atoms with Gasteiger partial charge in [-0.1, -0.05) is 46.8 Å². The molecular formula is C28H42O3. The third-order valence-electron chi connectivity index (χ3n) is 8.54. The average Bonchev–Trinajstić information content (AvgIpc) is 3.01. The summed E-state index contributed by atoms with van der Waals surface area (Å²) >= 11 is 0. The molecule has 0 aliphatic heterocycles. The van der Waals surface area contributed by atoms with Gasteiger partial charge < -0.3 is 10.2 Å². The molecule has 1 aromatic rings. The molecule has 2 N–H and O–H groups in total. The molecule has 3 nitrogen and oxygen atoms in total. The standard InChI is InChI=1S/C28H42O3/c1-17(2)18(3)7-8-19(4)25-11-12-27(31)28(25,6)14-13-23-20(5)24-16-22(29)10-9-21(24)15-26(23)30/h7-8,15,17-19,22,25,29-30H,9-14,16H2,1-6H3. The highest BCUT2D eigenvalue weighted by Crippen LogP contribution is 2.48. The molecule has 0 bridgehead atoms. The van der Waals surface area contributed by atoms with E-state index in [0.717, 1.165) is 36.8 Å². The number of hydrogen-bond donors (Lipinski definition) is 2. The van der Waals surface area contributed by atoms with Crippen LogP contribution < -0.4 is 0 Å². The summed E-state index contributed by atoms with van der Waals surface area (Å²) in [6.45, 7) is 13.2. The van der Waals surface area contributed by atoms with Crippen LogP contribution in [0.5, 0.6) is 5.75 Å². The second-order valence-electron chi connectivity index (χ2n) is 10.9. The number of carbonyl (C=O) groups excluding carboxylic acids is 1. The van der Waals surface area contributed by atoms with Crippen molar-refractivity contribution in [2.45, 2.75) is 92.6 Å². The molecule has 1 aromatic carbocycles. The lowest BCUT2D eigenvalue weighted by Crippen LogP contribution is -2.33. The molecule has 31 heavy (non-hydrogen) atoms. The van der Waals surface area contributed by atoms with E-state index in [1.165, 1.54) is 11.1 Å². The smallest absolute Gasteiger partial charge is 0.139 e. The maximum atomic E-state index is 13.0. The van der Waals surface area contributed by atoms with E-state index in [0.29, 0.717) is 54.5 Å². The van der Waals surface area contributed by atoms with Crippen LogP contribution in [0.15, 0.2) is 18.2 Å². The number of aliphatic hydroxyl groups excluding tert-OH is 1. The fourth-order valence-corrected chi connectivity index (χ4v) is 5.79. The van der Waals surface area contributed by atoms with E-state index in [-0.39, 0.29) is 11.5 Å². The Balaban J connectivity index is 1.79. The maximum absolute atomic E-state index is 13.0. The first-order valence-electron chi connectivity index (χ1n) is 12.3. The van der Waals surface area contributed by atoms with Crippen LogP contribution in [0, 0.1) is 36.0 Å². The molecule has 0 aromatic heterocycles. The van der Waals surface area contributed by atoms with Gasteiger partial charge in [-0.25, -0.2) is 0 Å². The average molecular weight is 427 g/mol. The highest BCUT2D eigenvalue weighted by molar-refractivity contribution is 5.87. The van der Waals surface area contributed by atoms with Gasteiger partial charge in [-0.05, 0) is 97.4 Å². The van der Waals surface area contributed by atoms with E-state index in [9.17, 15) is 15.0 Å². The zero-order valence-electron chi connectivity index (χ0n) is 20.4. The minimum atomic E-state index is -0.348. The third kappa shape index (κ3) is 4.92. The molecule has 2 aliphatic rings. The first-order valence-corrected chi connectivity index (χ1v) is 12.3. The molecule has 1 saturated carbocycles. The second-order valence-corrected chi connectivity index (χ2v) is 10.9. The van der Waals surface area contributed by atoms with Gasteiger partial charge in [0.1, 0.15) is 11.5 Å². The van der Waals surface area contributed by atoms with Crippen molar-refractivity contribution in [1.29, 1.82) is 0 Å². The lowest BCUT2D eigenvalue weighted by atomic mass is 9.69. The van der Waals surface area contributed by atoms with Crippen molar-refractivity contribution in [3.63, 3.8) is 0 Å². The summed E-state index contributed by atoms with van der Waals surface area (Å²) in [5, 5.41) is 20.9. The van der Waals surface area contributed by atoms with E-state index in [1.54, 1.807) is 0 Å². The van der Waals surface area contributed by atoms with Gasteiger partial charge in [0.2, 0.25) is 0 Å². The Kier molecular flexibility index (Phi) is 7.35. The second kappa shape index (κ2) is 9.48. The first-order chi connectivity index (χ1) is 14.5. The number of aliphatic hydroxyl groups is 1. The van der Waals surface area contributed by atoms with Crippen molar-refractivity contribution in [3.05, 3.63) is 40.5 Å². The van der Waals surface area contributed by atoms with E-state index < -0.39 is 0 Å². The molecule has 0 amide bonds. The number of aryl methyl sites for hydroxylation is 1. The van der Waals surface area contributed by atoms with E-state index >= 15 is 0 Å². The summed E-state index contributed by atoms with van der Waals surface area (Å²) in [4.78, 5) is 13.0. The minimum absolute atomic E-state index is 0.289. The first kappa shape index (κ1) is 24.0. The number of phenols is 1. The number of carbonyl (C=O) groups is 1. The number of aromatic hydroxyl groups is 1. The third-order valence-corrected chi connectivity index (χ3v) is 8.54. The largest absolute Gasteiger partial charge is 0.508 e. The predicted octanol–water partition coefficient (Wildman–Crippen LogP) is 5.95. The highest BCUT2D eigenvalue weighted by Gasteiger charge is 2.47. The number of benzene rings is 1. The number of fused-ring (bicyclic) bond motifs is 1. The van der Waals surface area contributed by atoms with E-state index in [4.69, 9.17) is 0 Å². The molecule has 0 spiro atoms. The number of Topliss-reactive ketones (excluding diaryl/α,β-unsaturated/α-hetero) is 1. The topological polar surface area (TPSA) is 57.5 Å². The summed E-state index contributed by atoms with van der Waals surface area (Å²) in [5.41, 5.74) is 4.09. The summed E-state index contributed by atoms with van der Waals surface area (Å²) in [6.07, 6.45) is 9.72. The lowest BCUT2D eigenvalue weighted by Gasteiger charge is -2.34. The fourth-order valence-electron chi connectivity index (χ4n) is 5.79. The molecule has 172 valence electrons. The van der Waals surface area contributed by atoms with Crippen LogP contribution in [0.4, 0.5) is 0 Å². The van der Waals surface area contributed by atoms with Gasteiger partial charge in [-0.15, -0.1) is 0 Å². The van der Waals surface area contributed by atoms with Crippen molar-refractivity contribution in [2.24, 2.45) is 29.1 Å². The zero-order chi connectivity index (χ0) is 22.9. The Hall–Kier alpha value is -1.61. The summed E-state index contributed by atoms with van der Waals surface area (Å²) in [7, 11) is 0. The molecular weight excluding hydrogens is 384 g/mol. The van der Waals surface area contributed by atoms with Gasteiger partial charge >= 0.3 is 0 Å².